The van der Waals surface area contributed by atoms with Gasteiger partial charge in [-0.3, -0.25) is 4.79 Å². The summed E-state index contributed by atoms with van der Waals surface area (Å²) < 4.78 is 2.12. The van der Waals surface area contributed by atoms with E-state index in [0.717, 1.165) is 34.4 Å². The summed E-state index contributed by atoms with van der Waals surface area (Å²) in [4.78, 5) is 15.5. The van der Waals surface area contributed by atoms with E-state index < -0.39 is 6.10 Å². The molecular formula is C24H28N2O2S. The lowest BCUT2D eigenvalue weighted by Crippen LogP contribution is -2.35. The predicted molar refractivity (Wildman–Crippen MR) is 121 cm³/mol. The summed E-state index contributed by atoms with van der Waals surface area (Å²) in [5.74, 6) is 0.0260. The van der Waals surface area contributed by atoms with Crippen LogP contribution in [0.5, 0.6) is 0 Å². The van der Waals surface area contributed by atoms with Gasteiger partial charge in [-0.2, -0.15) is 0 Å². The van der Waals surface area contributed by atoms with Gasteiger partial charge in [-0.25, -0.2) is 0 Å². The molecule has 29 heavy (non-hydrogen) atoms. The number of carbonyl (C=O) groups is 1. The fourth-order valence-corrected chi connectivity index (χ4v) is 4.77. The quantitative estimate of drug-likeness (QED) is 0.450. The third-order valence-corrected chi connectivity index (χ3v) is 6.46. The number of fused-ring (bicyclic) bond motifs is 1. The zero-order chi connectivity index (χ0) is 20.1. The molecule has 5 heteroatoms. The number of allylic oxidation sites excluding steroid dienone is 1. The van der Waals surface area contributed by atoms with E-state index in [1.165, 1.54) is 37.0 Å². The molecule has 1 aromatic carbocycles. The van der Waals surface area contributed by atoms with Gasteiger partial charge in [-0.15, -0.1) is 11.3 Å². The number of aromatic nitrogens is 1. The van der Waals surface area contributed by atoms with Crippen LogP contribution in [0.2, 0.25) is 0 Å². The second-order valence-corrected chi connectivity index (χ2v) is 8.75. The fraction of sp³-hybridized carbons (Fsp3) is 0.375. The van der Waals surface area contributed by atoms with Gasteiger partial charge in [0.1, 0.15) is 0 Å². The molecule has 1 aliphatic rings. The minimum absolute atomic E-state index is 0.0260. The molecule has 1 saturated heterocycles. The van der Waals surface area contributed by atoms with Crippen LogP contribution in [0.1, 0.15) is 40.9 Å². The van der Waals surface area contributed by atoms with Crippen LogP contribution in [0.4, 0.5) is 0 Å². The van der Waals surface area contributed by atoms with E-state index in [2.05, 4.69) is 27.8 Å². The Morgan fingerprint density at radius 3 is 2.62 bits per heavy atom. The summed E-state index contributed by atoms with van der Waals surface area (Å²) in [6, 6.07) is 11.9. The average Bonchev–Trinajstić information content (AvgIpc) is 3.30. The molecule has 1 N–H and O–H groups in total. The first kappa shape index (κ1) is 20.1. The maximum Gasteiger partial charge on any atom is 0.195 e. The summed E-state index contributed by atoms with van der Waals surface area (Å²) in [6.45, 7) is 3.45. The summed E-state index contributed by atoms with van der Waals surface area (Å²) in [7, 11) is 0. The van der Waals surface area contributed by atoms with Gasteiger partial charge < -0.3 is 14.6 Å². The maximum absolute atomic E-state index is 12.3. The Kier molecular flexibility index (Phi) is 6.60. The van der Waals surface area contributed by atoms with E-state index in [4.69, 9.17) is 0 Å². The third-order valence-electron chi connectivity index (χ3n) is 5.57. The van der Waals surface area contributed by atoms with Gasteiger partial charge in [-0.1, -0.05) is 37.1 Å². The molecule has 0 spiro atoms. The number of likely N-dealkylation sites (tertiary alicyclic amines) is 1. The van der Waals surface area contributed by atoms with Gasteiger partial charge in [0, 0.05) is 35.8 Å². The molecule has 0 radical (unpaired) electrons. The lowest BCUT2D eigenvalue weighted by Gasteiger charge is -2.23. The van der Waals surface area contributed by atoms with Crippen LogP contribution >= 0.6 is 11.3 Å². The number of benzene rings is 1. The van der Waals surface area contributed by atoms with Crippen molar-refractivity contribution in [2.45, 2.75) is 38.3 Å². The molecule has 1 aliphatic heterocycles. The molecule has 0 bridgehead atoms. The van der Waals surface area contributed by atoms with Gasteiger partial charge in [0.15, 0.2) is 5.78 Å². The largest absolute Gasteiger partial charge is 0.390 e. The van der Waals surface area contributed by atoms with Crippen LogP contribution < -0.4 is 0 Å². The number of aliphatic hydroxyl groups excluding tert-OH is 1. The summed E-state index contributed by atoms with van der Waals surface area (Å²) in [6.07, 6.45) is 10.2. The molecule has 0 aliphatic carbocycles. The molecule has 2 aromatic heterocycles. The number of aliphatic hydroxyl groups is 1. The standard InChI is InChI=1S/C24H28N2O2S/c27-20(17-25-13-5-1-2-6-14-25)18-26-16-19(21-8-3-4-9-22(21)26)11-12-23(28)24-10-7-15-29-24/h3-4,7-12,15-16,20,27H,1-2,5-6,13-14,17-18H2/b12-11-/t20-/m0/s1. The molecule has 0 unspecified atom stereocenters. The average molecular weight is 409 g/mol. The number of nitrogens with zero attached hydrogens (tertiary/aromatic N) is 2. The Morgan fingerprint density at radius 1 is 1.07 bits per heavy atom. The normalized spacial score (nSPS) is 17.0. The Balaban J connectivity index is 1.50. The third kappa shape index (κ3) is 5.04. The van der Waals surface area contributed by atoms with E-state index in [0.29, 0.717) is 13.1 Å². The smallest absolute Gasteiger partial charge is 0.195 e. The summed E-state index contributed by atoms with van der Waals surface area (Å²) in [5.41, 5.74) is 2.10. The molecule has 1 fully saturated rings. The minimum atomic E-state index is -0.409. The summed E-state index contributed by atoms with van der Waals surface area (Å²) in [5, 5.41) is 13.7. The van der Waals surface area contributed by atoms with E-state index in [1.54, 1.807) is 6.08 Å². The van der Waals surface area contributed by atoms with Crippen LogP contribution in [0.3, 0.4) is 0 Å². The Hall–Kier alpha value is -2.21. The SMILES string of the molecule is O=C(/C=C\c1cn(C[C@@H](O)CN2CCCCCC2)c2ccccc12)c1cccs1. The number of thiophene rings is 1. The number of para-hydroxylation sites is 1. The number of hydrogen-bond acceptors (Lipinski definition) is 4. The van der Waals surface area contributed by atoms with Crippen LogP contribution in [-0.2, 0) is 6.54 Å². The van der Waals surface area contributed by atoms with E-state index in [9.17, 15) is 9.90 Å². The lowest BCUT2D eigenvalue weighted by atomic mass is 10.1. The second kappa shape index (κ2) is 9.53. The van der Waals surface area contributed by atoms with Crippen LogP contribution in [-0.4, -0.2) is 46.1 Å². The zero-order valence-electron chi connectivity index (χ0n) is 16.7. The number of ketones is 1. The van der Waals surface area contributed by atoms with Crippen molar-refractivity contribution in [2.75, 3.05) is 19.6 Å². The molecule has 3 aromatic rings. The highest BCUT2D eigenvalue weighted by Crippen LogP contribution is 2.24. The van der Waals surface area contributed by atoms with E-state index in [1.807, 2.05) is 35.7 Å². The predicted octanol–water partition coefficient (Wildman–Crippen LogP) is 4.84. The van der Waals surface area contributed by atoms with Crippen molar-refractivity contribution in [1.29, 1.82) is 0 Å². The first-order valence-electron chi connectivity index (χ1n) is 10.4. The highest BCUT2D eigenvalue weighted by molar-refractivity contribution is 7.12. The minimum Gasteiger partial charge on any atom is -0.390 e. The van der Waals surface area contributed by atoms with Gasteiger partial charge in [0.05, 0.1) is 11.0 Å². The van der Waals surface area contributed by atoms with Crippen molar-refractivity contribution in [2.24, 2.45) is 0 Å². The number of rotatable bonds is 7. The van der Waals surface area contributed by atoms with Crippen molar-refractivity contribution in [3.63, 3.8) is 0 Å². The van der Waals surface area contributed by atoms with E-state index >= 15 is 0 Å². The van der Waals surface area contributed by atoms with Crippen molar-refractivity contribution < 1.29 is 9.90 Å². The van der Waals surface area contributed by atoms with E-state index in [-0.39, 0.29) is 5.78 Å². The number of β-amino-alcohol motifs (C(OH)–C–C–N with tert-alkyl or cyclic N) is 1. The van der Waals surface area contributed by atoms with Crippen molar-refractivity contribution in [1.82, 2.24) is 9.47 Å². The zero-order valence-corrected chi connectivity index (χ0v) is 17.5. The number of hydrogen-bond donors (Lipinski definition) is 1. The van der Waals surface area contributed by atoms with Crippen LogP contribution in [0, 0.1) is 0 Å². The Morgan fingerprint density at radius 2 is 1.86 bits per heavy atom. The maximum atomic E-state index is 12.3. The molecule has 0 amide bonds. The molecular weight excluding hydrogens is 380 g/mol. The molecule has 4 rings (SSSR count). The van der Waals surface area contributed by atoms with Crippen molar-refractivity contribution in [3.05, 3.63) is 64.5 Å². The van der Waals surface area contributed by atoms with Gasteiger partial charge in [0.2, 0.25) is 0 Å². The Labute approximate surface area is 176 Å². The van der Waals surface area contributed by atoms with Crippen LogP contribution in [0.25, 0.3) is 17.0 Å². The summed E-state index contributed by atoms with van der Waals surface area (Å²) >= 11 is 1.46. The molecule has 4 nitrogen and oxygen atoms in total. The van der Waals surface area contributed by atoms with Gasteiger partial charge in [-0.05, 0) is 55.6 Å². The Bertz CT molecular complexity index is 966. The molecule has 0 saturated carbocycles. The fourth-order valence-electron chi connectivity index (χ4n) is 4.13. The first-order chi connectivity index (χ1) is 14.2. The monoisotopic (exact) mass is 408 g/mol. The molecule has 152 valence electrons. The van der Waals surface area contributed by atoms with Gasteiger partial charge >= 0.3 is 0 Å². The van der Waals surface area contributed by atoms with Crippen molar-refractivity contribution in [3.8, 4) is 0 Å². The number of carbonyl (C=O) groups excluding carboxylic acids is 1. The second-order valence-electron chi connectivity index (χ2n) is 7.80. The first-order valence-corrected chi connectivity index (χ1v) is 11.3. The van der Waals surface area contributed by atoms with Crippen molar-refractivity contribution >= 4 is 34.1 Å². The highest BCUT2D eigenvalue weighted by atomic mass is 32.1. The van der Waals surface area contributed by atoms with Crippen LogP contribution in [0.15, 0.2) is 54.1 Å². The highest BCUT2D eigenvalue weighted by Gasteiger charge is 2.16. The molecule has 1 atom stereocenters. The van der Waals surface area contributed by atoms with Gasteiger partial charge in [0.25, 0.3) is 0 Å². The topological polar surface area (TPSA) is 45.5 Å². The lowest BCUT2D eigenvalue weighted by molar-refractivity contribution is 0.101. The molecule has 3 heterocycles.